The summed E-state index contributed by atoms with van der Waals surface area (Å²) < 4.78 is 5.61. The predicted molar refractivity (Wildman–Crippen MR) is 73.0 cm³/mol. The monoisotopic (exact) mass is 267 g/mol. The molecular formula is C13H14ClNOS. The number of benzene rings is 1. The van der Waals surface area contributed by atoms with Crippen LogP contribution in [0.3, 0.4) is 0 Å². The average molecular weight is 268 g/mol. The second-order valence-electron chi connectivity index (χ2n) is 3.59. The fraction of sp³-hybridized carbons (Fsp3) is 0.308. The van der Waals surface area contributed by atoms with Crippen LogP contribution in [0, 0.1) is 6.92 Å². The molecule has 1 heterocycles. The summed E-state index contributed by atoms with van der Waals surface area (Å²) in [5.74, 6) is 1.39. The molecule has 4 heteroatoms. The molecule has 1 aromatic carbocycles. The molecule has 0 saturated carbocycles. The largest absolute Gasteiger partial charge is 0.493 e. The Morgan fingerprint density at radius 2 is 2.12 bits per heavy atom. The van der Waals surface area contributed by atoms with Gasteiger partial charge < -0.3 is 4.74 Å². The summed E-state index contributed by atoms with van der Waals surface area (Å²) in [7, 11) is 0. The van der Waals surface area contributed by atoms with Crippen LogP contribution in [0.2, 0.25) is 0 Å². The molecule has 0 atom stereocenters. The minimum atomic E-state index is 0.514. The SMILES string of the molecule is CCOc1ccccc1-c1nc(C)c(CCl)s1. The van der Waals surface area contributed by atoms with E-state index in [0.29, 0.717) is 12.5 Å². The molecule has 0 aliphatic carbocycles. The highest BCUT2D eigenvalue weighted by Gasteiger charge is 2.12. The molecule has 1 aromatic heterocycles. The lowest BCUT2D eigenvalue weighted by Crippen LogP contribution is -1.93. The molecule has 0 aliphatic rings. The number of aromatic nitrogens is 1. The van der Waals surface area contributed by atoms with Gasteiger partial charge in [0, 0.05) is 4.88 Å². The zero-order valence-corrected chi connectivity index (χ0v) is 11.4. The van der Waals surface area contributed by atoms with E-state index in [1.165, 1.54) is 0 Å². The zero-order chi connectivity index (χ0) is 12.3. The highest BCUT2D eigenvalue weighted by Crippen LogP contribution is 2.34. The van der Waals surface area contributed by atoms with Crippen LogP contribution in [0.25, 0.3) is 10.6 Å². The van der Waals surface area contributed by atoms with Crippen molar-refractivity contribution in [2.75, 3.05) is 6.61 Å². The molecule has 0 aliphatic heterocycles. The Morgan fingerprint density at radius 3 is 2.76 bits per heavy atom. The minimum Gasteiger partial charge on any atom is -0.493 e. The van der Waals surface area contributed by atoms with Crippen molar-refractivity contribution in [3.05, 3.63) is 34.8 Å². The second kappa shape index (κ2) is 5.52. The smallest absolute Gasteiger partial charge is 0.129 e. The number of alkyl halides is 1. The van der Waals surface area contributed by atoms with Gasteiger partial charge in [0.15, 0.2) is 0 Å². The van der Waals surface area contributed by atoms with Crippen LogP contribution in [0.5, 0.6) is 5.75 Å². The Balaban J connectivity index is 2.44. The number of para-hydroxylation sites is 1. The molecule has 2 nitrogen and oxygen atoms in total. The van der Waals surface area contributed by atoms with E-state index in [1.807, 2.05) is 38.1 Å². The van der Waals surface area contributed by atoms with E-state index >= 15 is 0 Å². The normalized spacial score (nSPS) is 10.5. The molecule has 0 radical (unpaired) electrons. The van der Waals surface area contributed by atoms with Crippen molar-refractivity contribution >= 4 is 22.9 Å². The topological polar surface area (TPSA) is 22.1 Å². The molecule has 2 aromatic rings. The summed E-state index contributed by atoms with van der Waals surface area (Å²) in [6, 6.07) is 7.96. The van der Waals surface area contributed by atoms with Gasteiger partial charge in [-0.2, -0.15) is 0 Å². The van der Waals surface area contributed by atoms with Gasteiger partial charge in [0.2, 0.25) is 0 Å². The van der Waals surface area contributed by atoms with Crippen LogP contribution < -0.4 is 4.74 Å². The average Bonchev–Trinajstić information content (AvgIpc) is 2.71. The second-order valence-corrected chi connectivity index (χ2v) is 4.94. The molecule has 0 unspecified atom stereocenters. The van der Waals surface area contributed by atoms with E-state index in [2.05, 4.69) is 4.98 Å². The van der Waals surface area contributed by atoms with Crippen LogP contribution in [0.4, 0.5) is 0 Å². The van der Waals surface area contributed by atoms with Crippen LogP contribution in [-0.2, 0) is 5.88 Å². The maximum atomic E-state index is 5.87. The summed E-state index contributed by atoms with van der Waals surface area (Å²) in [6.45, 7) is 4.62. The minimum absolute atomic E-state index is 0.514. The van der Waals surface area contributed by atoms with Gasteiger partial charge in [0.1, 0.15) is 10.8 Å². The predicted octanol–water partition coefficient (Wildman–Crippen LogP) is 4.26. The van der Waals surface area contributed by atoms with Gasteiger partial charge in [-0.1, -0.05) is 12.1 Å². The number of aryl methyl sites for hydroxylation is 1. The first-order chi connectivity index (χ1) is 8.26. The highest BCUT2D eigenvalue weighted by molar-refractivity contribution is 7.15. The van der Waals surface area contributed by atoms with E-state index < -0.39 is 0 Å². The zero-order valence-electron chi connectivity index (χ0n) is 9.87. The maximum absolute atomic E-state index is 5.87. The van der Waals surface area contributed by atoms with Crippen molar-refractivity contribution in [1.29, 1.82) is 0 Å². The molecule has 0 fully saturated rings. The first kappa shape index (κ1) is 12.4. The lowest BCUT2D eigenvalue weighted by Gasteiger charge is -2.07. The van der Waals surface area contributed by atoms with E-state index in [9.17, 15) is 0 Å². The molecule has 0 spiro atoms. The third-order valence-electron chi connectivity index (χ3n) is 2.43. The first-order valence-corrected chi connectivity index (χ1v) is 6.85. The first-order valence-electron chi connectivity index (χ1n) is 5.50. The number of thiazole rings is 1. The Labute approximate surface area is 110 Å². The Morgan fingerprint density at radius 1 is 1.35 bits per heavy atom. The van der Waals surface area contributed by atoms with E-state index in [0.717, 1.165) is 26.9 Å². The van der Waals surface area contributed by atoms with Crippen LogP contribution in [0.15, 0.2) is 24.3 Å². The third kappa shape index (κ3) is 2.61. The maximum Gasteiger partial charge on any atom is 0.129 e. The standard InChI is InChI=1S/C13H14ClNOS/c1-3-16-11-7-5-4-6-10(11)13-15-9(2)12(8-14)17-13/h4-7H,3,8H2,1-2H3. The van der Waals surface area contributed by atoms with Crippen molar-refractivity contribution in [1.82, 2.24) is 4.98 Å². The summed E-state index contributed by atoms with van der Waals surface area (Å²) in [5.41, 5.74) is 2.05. The molecule has 0 amide bonds. The highest BCUT2D eigenvalue weighted by atomic mass is 35.5. The van der Waals surface area contributed by atoms with Crippen molar-refractivity contribution in [2.24, 2.45) is 0 Å². The van der Waals surface area contributed by atoms with Gasteiger partial charge >= 0.3 is 0 Å². The number of hydrogen-bond acceptors (Lipinski definition) is 3. The van der Waals surface area contributed by atoms with Gasteiger partial charge in [0.05, 0.1) is 23.7 Å². The third-order valence-corrected chi connectivity index (χ3v) is 4.05. The van der Waals surface area contributed by atoms with E-state index in [1.54, 1.807) is 11.3 Å². The van der Waals surface area contributed by atoms with Crippen molar-refractivity contribution < 1.29 is 4.74 Å². The lowest BCUT2D eigenvalue weighted by molar-refractivity contribution is 0.341. The quantitative estimate of drug-likeness (QED) is 0.773. The number of ether oxygens (including phenoxy) is 1. The van der Waals surface area contributed by atoms with Gasteiger partial charge in [0.25, 0.3) is 0 Å². The van der Waals surface area contributed by atoms with Crippen molar-refractivity contribution in [3.63, 3.8) is 0 Å². The van der Waals surface area contributed by atoms with Crippen LogP contribution >= 0.6 is 22.9 Å². The molecule has 17 heavy (non-hydrogen) atoms. The van der Waals surface area contributed by atoms with Gasteiger partial charge in [-0.3, -0.25) is 0 Å². The number of hydrogen-bond donors (Lipinski definition) is 0. The molecule has 0 saturated heterocycles. The lowest BCUT2D eigenvalue weighted by atomic mass is 10.2. The van der Waals surface area contributed by atoms with Crippen LogP contribution in [-0.4, -0.2) is 11.6 Å². The van der Waals surface area contributed by atoms with Crippen molar-refractivity contribution in [2.45, 2.75) is 19.7 Å². The fourth-order valence-corrected chi connectivity index (χ4v) is 2.89. The Bertz CT molecular complexity index is 510. The van der Waals surface area contributed by atoms with E-state index in [-0.39, 0.29) is 0 Å². The molecule has 0 bridgehead atoms. The molecule has 2 rings (SSSR count). The number of nitrogens with zero attached hydrogens (tertiary/aromatic N) is 1. The number of rotatable bonds is 4. The van der Waals surface area contributed by atoms with Gasteiger partial charge in [-0.25, -0.2) is 4.98 Å². The Kier molecular flexibility index (Phi) is 4.02. The number of halogens is 1. The van der Waals surface area contributed by atoms with Crippen molar-refractivity contribution in [3.8, 4) is 16.3 Å². The molecule has 90 valence electrons. The van der Waals surface area contributed by atoms with Gasteiger partial charge in [-0.05, 0) is 26.0 Å². The van der Waals surface area contributed by atoms with Gasteiger partial charge in [-0.15, -0.1) is 22.9 Å². The summed E-state index contributed by atoms with van der Waals surface area (Å²) in [5, 5.41) is 0.974. The fourth-order valence-electron chi connectivity index (χ4n) is 1.59. The molecular weight excluding hydrogens is 254 g/mol. The van der Waals surface area contributed by atoms with E-state index in [4.69, 9.17) is 16.3 Å². The summed E-state index contributed by atoms with van der Waals surface area (Å²) >= 11 is 7.50. The van der Waals surface area contributed by atoms with Crippen LogP contribution in [0.1, 0.15) is 17.5 Å². The molecule has 0 N–H and O–H groups in total. The summed E-state index contributed by atoms with van der Waals surface area (Å²) in [4.78, 5) is 5.67. The Hall–Kier alpha value is -1.06. The summed E-state index contributed by atoms with van der Waals surface area (Å²) in [6.07, 6.45) is 0.